The summed E-state index contributed by atoms with van der Waals surface area (Å²) < 4.78 is 4.57. The first-order valence-corrected chi connectivity index (χ1v) is 10.2. The van der Waals surface area contributed by atoms with Gasteiger partial charge in [-0.25, -0.2) is 9.78 Å². The number of aryl methyl sites for hydroxylation is 2. The Morgan fingerprint density at radius 1 is 0.931 bits per heavy atom. The summed E-state index contributed by atoms with van der Waals surface area (Å²) in [5.41, 5.74) is 2.52. The van der Waals surface area contributed by atoms with Crippen molar-refractivity contribution >= 4 is 29.0 Å². The van der Waals surface area contributed by atoms with E-state index in [0.29, 0.717) is 30.1 Å². The maximum absolute atomic E-state index is 12.8. The SMILES string of the molecule is CCN(CC)c1ccc(C=Cc2nc3c(c(=O)n(CC)c(=O)n3CC)n2C)cc1. The third kappa shape index (κ3) is 3.64. The number of fused-ring (bicyclic) bond motifs is 1. The molecule has 7 nitrogen and oxygen atoms in total. The van der Waals surface area contributed by atoms with Crippen LogP contribution >= 0.6 is 0 Å². The van der Waals surface area contributed by atoms with Gasteiger partial charge in [-0.1, -0.05) is 18.2 Å². The monoisotopic (exact) mass is 395 g/mol. The van der Waals surface area contributed by atoms with Gasteiger partial charge in [0.25, 0.3) is 5.56 Å². The van der Waals surface area contributed by atoms with E-state index in [2.05, 4.69) is 48.0 Å². The highest BCUT2D eigenvalue weighted by molar-refractivity contribution is 5.76. The molecule has 0 fully saturated rings. The third-order valence-corrected chi connectivity index (χ3v) is 5.36. The van der Waals surface area contributed by atoms with Gasteiger partial charge in [-0.15, -0.1) is 0 Å². The van der Waals surface area contributed by atoms with Gasteiger partial charge in [0.2, 0.25) is 0 Å². The highest BCUT2D eigenvalue weighted by Gasteiger charge is 2.17. The van der Waals surface area contributed by atoms with Crippen LogP contribution in [0.15, 0.2) is 33.9 Å². The summed E-state index contributed by atoms with van der Waals surface area (Å²) in [5, 5.41) is 0. The maximum atomic E-state index is 12.8. The summed E-state index contributed by atoms with van der Waals surface area (Å²) in [6.45, 7) is 10.7. The fourth-order valence-electron chi connectivity index (χ4n) is 3.65. The van der Waals surface area contributed by atoms with Crippen molar-refractivity contribution < 1.29 is 0 Å². The summed E-state index contributed by atoms with van der Waals surface area (Å²) >= 11 is 0. The molecule has 7 heteroatoms. The van der Waals surface area contributed by atoms with E-state index >= 15 is 0 Å². The van der Waals surface area contributed by atoms with Crippen LogP contribution in [0.3, 0.4) is 0 Å². The molecule has 29 heavy (non-hydrogen) atoms. The van der Waals surface area contributed by atoms with E-state index in [4.69, 9.17) is 0 Å². The molecule has 0 bridgehead atoms. The molecule has 0 saturated heterocycles. The summed E-state index contributed by atoms with van der Waals surface area (Å²) in [6.07, 6.45) is 3.85. The lowest BCUT2D eigenvalue weighted by molar-refractivity contribution is 0.604. The fraction of sp³-hybridized carbons (Fsp3) is 0.409. The molecule has 0 aliphatic heterocycles. The van der Waals surface area contributed by atoms with Crippen molar-refractivity contribution in [2.24, 2.45) is 7.05 Å². The lowest BCUT2D eigenvalue weighted by Crippen LogP contribution is -2.39. The normalized spacial score (nSPS) is 11.6. The topological polar surface area (TPSA) is 65.1 Å². The zero-order chi connectivity index (χ0) is 21.1. The number of nitrogens with zero attached hydrogens (tertiary/aromatic N) is 5. The van der Waals surface area contributed by atoms with Crippen molar-refractivity contribution in [1.82, 2.24) is 18.7 Å². The van der Waals surface area contributed by atoms with Crippen LogP contribution in [0.4, 0.5) is 5.69 Å². The zero-order valence-corrected chi connectivity index (χ0v) is 17.8. The molecule has 0 aliphatic rings. The fourth-order valence-corrected chi connectivity index (χ4v) is 3.65. The van der Waals surface area contributed by atoms with E-state index in [9.17, 15) is 9.59 Å². The molecule has 0 atom stereocenters. The molecule has 2 aromatic heterocycles. The van der Waals surface area contributed by atoms with Gasteiger partial charge in [0.05, 0.1) is 0 Å². The number of hydrogen-bond donors (Lipinski definition) is 0. The minimum Gasteiger partial charge on any atom is -0.372 e. The van der Waals surface area contributed by atoms with E-state index in [-0.39, 0.29) is 11.2 Å². The van der Waals surface area contributed by atoms with Crippen LogP contribution < -0.4 is 16.1 Å². The molecule has 154 valence electrons. The first kappa shape index (κ1) is 20.6. The number of benzene rings is 1. The second-order valence-corrected chi connectivity index (χ2v) is 6.87. The molecule has 0 unspecified atom stereocenters. The van der Waals surface area contributed by atoms with Crippen molar-refractivity contribution in [3.63, 3.8) is 0 Å². The smallest absolute Gasteiger partial charge is 0.332 e. The van der Waals surface area contributed by atoms with Gasteiger partial charge in [-0.05, 0) is 51.5 Å². The van der Waals surface area contributed by atoms with Gasteiger partial charge >= 0.3 is 5.69 Å². The van der Waals surface area contributed by atoms with Gasteiger partial charge in [0.15, 0.2) is 11.2 Å². The Morgan fingerprint density at radius 2 is 1.55 bits per heavy atom. The number of rotatable bonds is 7. The molecular formula is C22H29N5O2. The lowest BCUT2D eigenvalue weighted by atomic mass is 10.2. The molecule has 0 saturated carbocycles. The van der Waals surface area contributed by atoms with E-state index in [1.807, 2.05) is 26.1 Å². The number of anilines is 1. The standard InChI is InChI=1S/C22H29N5O2/c1-6-25(7-2)17-13-10-16(11-14-17)12-15-18-23-20-19(24(18)5)21(28)27(9-4)22(29)26(20)8-3/h10-15H,6-9H2,1-5H3. The second kappa shape index (κ2) is 8.51. The van der Waals surface area contributed by atoms with Crippen LogP contribution in [-0.4, -0.2) is 31.8 Å². The van der Waals surface area contributed by atoms with E-state index in [0.717, 1.165) is 18.7 Å². The largest absolute Gasteiger partial charge is 0.372 e. The molecule has 1 aromatic carbocycles. The minimum absolute atomic E-state index is 0.296. The summed E-state index contributed by atoms with van der Waals surface area (Å²) in [7, 11) is 1.81. The first-order chi connectivity index (χ1) is 14.0. The van der Waals surface area contributed by atoms with E-state index in [1.165, 1.54) is 10.3 Å². The van der Waals surface area contributed by atoms with Crippen molar-refractivity contribution in [3.8, 4) is 0 Å². The Morgan fingerprint density at radius 3 is 2.10 bits per heavy atom. The van der Waals surface area contributed by atoms with Gasteiger partial charge in [-0.2, -0.15) is 0 Å². The van der Waals surface area contributed by atoms with Crippen molar-refractivity contribution in [2.75, 3.05) is 18.0 Å². The maximum Gasteiger partial charge on any atom is 0.332 e. The Hall–Kier alpha value is -3.09. The molecule has 2 heterocycles. The molecule has 3 aromatic rings. The molecule has 0 radical (unpaired) electrons. The molecule has 0 amide bonds. The molecule has 0 aliphatic carbocycles. The minimum atomic E-state index is -0.312. The second-order valence-electron chi connectivity index (χ2n) is 6.87. The van der Waals surface area contributed by atoms with Crippen molar-refractivity contribution in [3.05, 3.63) is 56.5 Å². The van der Waals surface area contributed by atoms with Crippen LogP contribution in [0.1, 0.15) is 39.1 Å². The summed E-state index contributed by atoms with van der Waals surface area (Å²) in [4.78, 5) is 32.2. The highest BCUT2D eigenvalue weighted by atomic mass is 16.2. The number of aromatic nitrogens is 4. The van der Waals surface area contributed by atoms with Gasteiger partial charge in [0.1, 0.15) is 5.82 Å². The van der Waals surface area contributed by atoms with Gasteiger partial charge < -0.3 is 9.47 Å². The van der Waals surface area contributed by atoms with E-state index in [1.54, 1.807) is 16.1 Å². The average Bonchev–Trinajstić information content (AvgIpc) is 3.05. The third-order valence-electron chi connectivity index (χ3n) is 5.36. The van der Waals surface area contributed by atoms with Crippen molar-refractivity contribution in [1.29, 1.82) is 0 Å². The van der Waals surface area contributed by atoms with Crippen molar-refractivity contribution in [2.45, 2.75) is 40.8 Å². The number of hydrogen-bond acceptors (Lipinski definition) is 4. The zero-order valence-electron chi connectivity index (χ0n) is 17.8. The molecule has 0 spiro atoms. The van der Waals surface area contributed by atoms with Gasteiger partial charge in [-0.3, -0.25) is 13.9 Å². The van der Waals surface area contributed by atoms with Crippen LogP contribution in [0.5, 0.6) is 0 Å². The Labute approximate surface area is 170 Å². The summed E-state index contributed by atoms with van der Waals surface area (Å²) in [5.74, 6) is 0.639. The number of imidazole rings is 1. The lowest BCUT2D eigenvalue weighted by Gasteiger charge is -2.20. The molecular weight excluding hydrogens is 366 g/mol. The Balaban J connectivity index is 2.03. The molecule has 0 N–H and O–H groups in total. The van der Waals surface area contributed by atoms with Crippen LogP contribution in [0, 0.1) is 0 Å². The highest BCUT2D eigenvalue weighted by Crippen LogP contribution is 2.17. The first-order valence-electron chi connectivity index (χ1n) is 10.2. The predicted molar refractivity (Wildman–Crippen MR) is 120 cm³/mol. The Bertz CT molecular complexity index is 1150. The van der Waals surface area contributed by atoms with Gasteiger partial charge in [0, 0.05) is 38.9 Å². The van der Waals surface area contributed by atoms with Crippen LogP contribution in [0.25, 0.3) is 23.3 Å². The average molecular weight is 396 g/mol. The molecule has 3 rings (SSSR count). The van der Waals surface area contributed by atoms with Crippen LogP contribution in [0.2, 0.25) is 0 Å². The quantitative estimate of drug-likeness (QED) is 0.617. The predicted octanol–water partition coefficient (Wildman–Crippen LogP) is 2.95. The Kier molecular flexibility index (Phi) is 6.06. The van der Waals surface area contributed by atoms with E-state index < -0.39 is 0 Å². The summed E-state index contributed by atoms with van der Waals surface area (Å²) in [6, 6.07) is 8.35. The van der Waals surface area contributed by atoms with Crippen LogP contribution in [-0.2, 0) is 20.1 Å².